The molecule has 0 amide bonds. The Kier molecular flexibility index (Phi) is 4.07. The second kappa shape index (κ2) is 5.10. The molecule has 1 rings (SSSR count). The molecule has 0 N–H and O–H groups in total. The van der Waals surface area contributed by atoms with Gasteiger partial charge in [-0.1, -0.05) is 22.0 Å². The lowest BCUT2D eigenvalue weighted by molar-refractivity contribution is -0.115. The predicted molar refractivity (Wildman–Crippen MR) is 55.5 cm³/mol. The molecular weight excluding hydrogens is 251 g/mol. The van der Waals surface area contributed by atoms with Crippen LogP contribution < -0.4 is 4.74 Å². The minimum absolute atomic E-state index is 0.0472. The van der Waals surface area contributed by atoms with Gasteiger partial charge in [-0.25, -0.2) is 4.39 Å². The molecule has 0 aromatic heterocycles. The molecule has 0 aliphatic heterocycles. The number of Topliss-reactive ketones (excluding diaryl/α,β-unsaturated/α-hetero) is 1. The minimum atomic E-state index is -0.404. The van der Waals surface area contributed by atoms with Gasteiger partial charge in [0.1, 0.15) is 17.3 Å². The predicted octanol–water partition coefficient (Wildman–Crippen LogP) is 2.34. The van der Waals surface area contributed by atoms with E-state index in [-0.39, 0.29) is 17.5 Å². The van der Waals surface area contributed by atoms with E-state index in [0.717, 1.165) is 0 Å². The average Bonchev–Trinajstić information content (AvgIpc) is 2.20. The van der Waals surface area contributed by atoms with Gasteiger partial charge in [-0.05, 0) is 11.6 Å². The van der Waals surface area contributed by atoms with Gasteiger partial charge in [0.25, 0.3) is 0 Å². The van der Waals surface area contributed by atoms with Crippen LogP contribution in [0.4, 0.5) is 4.39 Å². The Labute approximate surface area is 90.2 Å². The Hall–Kier alpha value is -0.900. The van der Waals surface area contributed by atoms with Crippen molar-refractivity contribution in [2.75, 3.05) is 12.4 Å². The lowest BCUT2D eigenvalue weighted by atomic mass is 10.1. The molecule has 0 aliphatic rings. The number of hydrogen-bond acceptors (Lipinski definition) is 2. The summed E-state index contributed by atoms with van der Waals surface area (Å²) >= 11 is 3.03. The van der Waals surface area contributed by atoms with Crippen LogP contribution in [0.25, 0.3) is 0 Å². The summed E-state index contributed by atoms with van der Waals surface area (Å²) in [6.45, 7) is 0. The van der Waals surface area contributed by atoms with E-state index in [0.29, 0.717) is 11.3 Å². The van der Waals surface area contributed by atoms with E-state index >= 15 is 0 Å². The highest BCUT2D eigenvalue weighted by atomic mass is 79.9. The Morgan fingerprint density at radius 3 is 2.79 bits per heavy atom. The van der Waals surface area contributed by atoms with Crippen molar-refractivity contribution in [3.8, 4) is 5.75 Å². The zero-order valence-electron chi connectivity index (χ0n) is 7.72. The van der Waals surface area contributed by atoms with E-state index in [1.165, 1.54) is 13.2 Å². The van der Waals surface area contributed by atoms with Crippen molar-refractivity contribution < 1.29 is 13.9 Å². The second-order valence-corrected chi connectivity index (χ2v) is 3.37. The number of methoxy groups -OCH3 is 1. The third kappa shape index (κ3) is 2.80. The molecule has 0 saturated heterocycles. The van der Waals surface area contributed by atoms with E-state index in [1.54, 1.807) is 12.1 Å². The first-order valence-corrected chi connectivity index (χ1v) is 5.19. The number of hydrogen-bond donors (Lipinski definition) is 0. The van der Waals surface area contributed by atoms with Crippen LogP contribution >= 0.6 is 15.9 Å². The summed E-state index contributed by atoms with van der Waals surface area (Å²) in [5.41, 5.74) is 0.398. The molecule has 76 valence electrons. The number of ketones is 1. The van der Waals surface area contributed by atoms with Crippen LogP contribution in [0, 0.1) is 5.82 Å². The number of carbonyl (C=O) groups excluding carboxylic acids is 1. The van der Waals surface area contributed by atoms with Crippen molar-refractivity contribution in [1.29, 1.82) is 0 Å². The van der Waals surface area contributed by atoms with Crippen molar-refractivity contribution in [3.05, 3.63) is 29.6 Å². The van der Waals surface area contributed by atoms with E-state index in [2.05, 4.69) is 15.9 Å². The summed E-state index contributed by atoms with van der Waals surface area (Å²) in [4.78, 5) is 11.0. The fourth-order valence-electron chi connectivity index (χ4n) is 1.06. The summed E-state index contributed by atoms with van der Waals surface area (Å²) in [7, 11) is 1.47. The van der Waals surface area contributed by atoms with Crippen LogP contribution in [0.3, 0.4) is 0 Å². The first-order valence-electron chi connectivity index (χ1n) is 4.07. The van der Waals surface area contributed by atoms with Crippen LogP contribution in [0.15, 0.2) is 18.2 Å². The van der Waals surface area contributed by atoms with E-state index in [9.17, 15) is 9.18 Å². The summed E-state index contributed by atoms with van der Waals surface area (Å²) < 4.78 is 18.1. The number of alkyl halides is 1. The van der Waals surface area contributed by atoms with Gasteiger partial charge in [0.05, 0.1) is 12.4 Å². The maximum atomic E-state index is 13.3. The first-order chi connectivity index (χ1) is 6.67. The molecule has 0 unspecified atom stereocenters. The number of carbonyl (C=O) groups is 1. The van der Waals surface area contributed by atoms with Crippen LogP contribution in [0.1, 0.15) is 5.56 Å². The largest absolute Gasteiger partial charge is 0.497 e. The second-order valence-electron chi connectivity index (χ2n) is 2.81. The standard InChI is InChI=1S/C10H10BrFO2/c1-14-9-3-2-7(10(12)5-9)4-8(13)6-11/h2-3,5H,4,6H2,1H3. The SMILES string of the molecule is COc1ccc(CC(=O)CBr)c(F)c1. The highest BCUT2D eigenvalue weighted by molar-refractivity contribution is 9.09. The summed E-state index contributed by atoms with van der Waals surface area (Å²) in [6, 6.07) is 4.48. The molecule has 0 bridgehead atoms. The van der Waals surface area contributed by atoms with Gasteiger partial charge in [0.15, 0.2) is 0 Å². The molecule has 0 radical (unpaired) electrons. The maximum absolute atomic E-state index is 13.3. The van der Waals surface area contributed by atoms with Gasteiger partial charge in [0, 0.05) is 12.5 Å². The van der Waals surface area contributed by atoms with Gasteiger partial charge in [-0.3, -0.25) is 4.79 Å². The third-order valence-electron chi connectivity index (χ3n) is 1.80. The van der Waals surface area contributed by atoms with Crippen LogP contribution in [-0.4, -0.2) is 18.2 Å². The Bertz CT molecular complexity index is 339. The van der Waals surface area contributed by atoms with Crippen molar-refractivity contribution >= 4 is 21.7 Å². The Balaban J connectivity index is 2.83. The van der Waals surface area contributed by atoms with Gasteiger partial charge in [-0.15, -0.1) is 0 Å². The van der Waals surface area contributed by atoms with Gasteiger partial charge in [-0.2, -0.15) is 0 Å². The lowest BCUT2D eigenvalue weighted by Gasteiger charge is -2.03. The van der Waals surface area contributed by atoms with Crippen LogP contribution in [0.5, 0.6) is 5.75 Å². The van der Waals surface area contributed by atoms with E-state index in [4.69, 9.17) is 4.74 Å². The number of ether oxygens (including phenoxy) is 1. The van der Waals surface area contributed by atoms with Gasteiger partial charge >= 0.3 is 0 Å². The van der Waals surface area contributed by atoms with Crippen LogP contribution in [0.2, 0.25) is 0 Å². The number of benzene rings is 1. The van der Waals surface area contributed by atoms with Crippen molar-refractivity contribution in [1.82, 2.24) is 0 Å². The zero-order valence-corrected chi connectivity index (χ0v) is 9.30. The van der Waals surface area contributed by atoms with E-state index < -0.39 is 5.82 Å². The molecule has 0 aliphatic carbocycles. The fraction of sp³-hybridized carbons (Fsp3) is 0.300. The smallest absolute Gasteiger partial charge is 0.147 e. The fourth-order valence-corrected chi connectivity index (χ4v) is 1.26. The molecule has 0 fully saturated rings. The number of rotatable bonds is 4. The number of halogens is 2. The monoisotopic (exact) mass is 260 g/mol. The highest BCUT2D eigenvalue weighted by Crippen LogP contribution is 2.16. The molecule has 1 aromatic rings. The summed E-state index contributed by atoms with van der Waals surface area (Å²) in [5.74, 6) is 0.00487. The minimum Gasteiger partial charge on any atom is -0.497 e. The summed E-state index contributed by atoms with van der Waals surface area (Å²) in [5, 5.41) is 0.248. The Morgan fingerprint density at radius 1 is 1.57 bits per heavy atom. The molecule has 0 spiro atoms. The summed E-state index contributed by atoms with van der Waals surface area (Å²) in [6.07, 6.45) is 0.112. The molecule has 0 atom stereocenters. The van der Waals surface area contributed by atoms with Crippen molar-refractivity contribution in [3.63, 3.8) is 0 Å². The van der Waals surface area contributed by atoms with Crippen LogP contribution in [-0.2, 0) is 11.2 Å². The molecule has 2 nitrogen and oxygen atoms in total. The first kappa shape index (κ1) is 11.2. The third-order valence-corrected chi connectivity index (χ3v) is 2.42. The van der Waals surface area contributed by atoms with Gasteiger partial charge in [0.2, 0.25) is 0 Å². The van der Waals surface area contributed by atoms with Crippen molar-refractivity contribution in [2.45, 2.75) is 6.42 Å². The molecule has 4 heteroatoms. The lowest BCUT2D eigenvalue weighted by Crippen LogP contribution is -2.05. The average molecular weight is 261 g/mol. The quantitative estimate of drug-likeness (QED) is 0.777. The normalized spacial score (nSPS) is 9.93. The van der Waals surface area contributed by atoms with E-state index in [1.807, 2.05) is 0 Å². The van der Waals surface area contributed by atoms with Crippen molar-refractivity contribution in [2.24, 2.45) is 0 Å². The highest BCUT2D eigenvalue weighted by Gasteiger charge is 2.07. The maximum Gasteiger partial charge on any atom is 0.147 e. The Morgan fingerprint density at radius 2 is 2.29 bits per heavy atom. The topological polar surface area (TPSA) is 26.3 Å². The molecule has 0 heterocycles. The molecule has 1 aromatic carbocycles. The molecule has 0 saturated carbocycles. The molecule has 14 heavy (non-hydrogen) atoms. The molecular formula is C10H10BrFO2. The zero-order chi connectivity index (χ0) is 10.6. The van der Waals surface area contributed by atoms with Gasteiger partial charge < -0.3 is 4.74 Å².